The molecule has 1 saturated carbocycles. The van der Waals surface area contributed by atoms with Crippen LogP contribution in [0.1, 0.15) is 50.7 Å². The number of benzene rings is 1. The molecule has 0 heterocycles. The van der Waals surface area contributed by atoms with Crippen LogP contribution in [0.4, 0.5) is 0 Å². The van der Waals surface area contributed by atoms with E-state index >= 15 is 0 Å². The van der Waals surface area contributed by atoms with Crippen molar-refractivity contribution in [3.8, 4) is 5.75 Å². The molecule has 0 bridgehead atoms. The number of hydrogen-bond acceptors (Lipinski definition) is 2. The van der Waals surface area contributed by atoms with Gasteiger partial charge in [-0.15, -0.1) is 0 Å². The molecule has 1 aromatic carbocycles. The Morgan fingerprint density at radius 2 is 2.10 bits per heavy atom. The van der Waals surface area contributed by atoms with Crippen LogP contribution in [0.25, 0.3) is 0 Å². The van der Waals surface area contributed by atoms with Gasteiger partial charge in [-0.25, -0.2) is 0 Å². The van der Waals surface area contributed by atoms with Gasteiger partial charge in [0.15, 0.2) is 0 Å². The van der Waals surface area contributed by atoms with Crippen LogP contribution in [-0.4, -0.2) is 18.2 Å². The van der Waals surface area contributed by atoms with Gasteiger partial charge < -0.3 is 9.84 Å². The molecule has 3 nitrogen and oxygen atoms in total. The minimum absolute atomic E-state index is 0.0481. The summed E-state index contributed by atoms with van der Waals surface area (Å²) in [6, 6.07) is 6.30. The molecule has 3 atom stereocenters. The first kappa shape index (κ1) is 14.4. The van der Waals surface area contributed by atoms with Crippen LogP contribution in [0.3, 0.4) is 0 Å². The van der Waals surface area contributed by atoms with E-state index in [0.717, 1.165) is 37.9 Å². The summed E-state index contributed by atoms with van der Waals surface area (Å²) < 4.78 is 5.39. The first-order valence-electron chi connectivity index (χ1n) is 7.82. The van der Waals surface area contributed by atoms with Gasteiger partial charge in [0.05, 0.1) is 12.5 Å². The van der Waals surface area contributed by atoms with Crippen molar-refractivity contribution in [2.24, 2.45) is 11.3 Å². The molecule has 3 heteroatoms. The number of hydrogen-bond donors (Lipinski definition) is 1. The fraction of sp³-hybridized carbons (Fsp3) is 0.611. The van der Waals surface area contributed by atoms with E-state index in [2.05, 4.69) is 19.1 Å². The molecule has 1 fully saturated rings. The zero-order chi connectivity index (χ0) is 15.3. The van der Waals surface area contributed by atoms with Gasteiger partial charge in [0, 0.05) is 0 Å². The number of fused-ring (bicyclic) bond motifs is 3. The molecule has 1 N–H and O–H groups in total. The Labute approximate surface area is 126 Å². The average Bonchev–Trinajstić information content (AvgIpc) is 2.46. The van der Waals surface area contributed by atoms with Crippen molar-refractivity contribution in [1.29, 1.82) is 0 Å². The maximum absolute atomic E-state index is 11.9. The summed E-state index contributed by atoms with van der Waals surface area (Å²) >= 11 is 0. The van der Waals surface area contributed by atoms with Crippen molar-refractivity contribution in [3.05, 3.63) is 29.3 Å². The van der Waals surface area contributed by atoms with E-state index in [1.54, 1.807) is 7.11 Å². The third-order valence-electron chi connectivity index (χ3n) is 6.05. The van der Waals surface area contributed by atoms with Crippen molar-refractivity contribution in [1.82, 2.24) is 0 Å². The molecule has 0 aromatic heterocycles. The number of aryl methyl sites for hydroxylation is 1. The van der Waals surface area contributed by atoms with Gasteiger partial charge in [-0.1, -0.05) is 19.4 Å². The summed E-state index contributed by atoms with van der Waals surface area (Å²) in [6.07, 6.45) is 4.79. The second-order valence-corrected chi connectivity index (χ2v) is 7.11. The van der Waals surface area contributed by atoms with Crippen molar-refractivity contribution in [2.75, 3.05) is 7.11 Å². The molecular weight excluding hydrogens is 264 g/mol. The largest absolute Gasteiger partial charge is 0.497 e. The lowest BCUT2D eigenvalue weighted by Crippen LogP contribution is -2.52. The Bertz CT molecular complexity index is 580. The standard InChI is InChI=1S/C18H24O3/c1-17-9-4-10-18(2,16(19)20)15(17)8-6-12-5-7-13(21-3)11-14(12)17/h5,7,11,15H,4,6,8-10H2,1-3H3,(H,19,20)/t15-,17-,18?/m1/s1. The van der Waals surface area contributed by atoms with Crippen LogP contribution < -0.4 is 4.74 Å². The number of aliphatic carboxylic acids is 1. The minimum Gasteiger partial charge on any atom is -0.497 e. The highest BCUT2D eigenvalue weighted by Gasteiger charge is 2.55. The topological polar surface area (TPSA) is 46.5 Å². The smallest absolute Gasteiger partial charge is 0.309 e. The Morgan fingerprint density at radius 1 is 1.33 bits per heavy atom. The highest BCUT2D eigenvalue weighted by atomic mass is 16.5. The molecule has 0 aliphatic heterocycles. The van der Waals surface area contributed by atoms with Crippen molar-refractivity contribution in [2.45, 2.75) is 51.4 Å². The quantitative estimate of drug-likeness (QED) is 0.900. The highest BCUT2D eigenvalue weighted by Crippen LogP contribution is 2.57. The molecule has 1 unspecified atom stereocenters. The number of carbonyl (C=O) groups is 1. The van der Waals surface area contributed by atoms with Crippen LogP contribution >= 0.6 is 0 Å². The van der Waals surface area contributed by atoms with Crippen LogP contribution in [0.5, 0.6) is 5.75 Å². The Balaban J connectivity index is 2.12. The minimum atomic E-state index is -0.634. The van der Waals surface area contributed by atoms with E-state index in [1.165, 1.54) is 11.1 Å². The highest BCUT2D eigenvalue weighted by molar-refractivity contribution is 5.75. The van der Waals surface area contributed by atoms with Gasteiger partial charge in [0.25, 0.3) is 0 Å². The van der Waals surface area contributed by atoms with E-state index in [1.807, 2.05) is 13.0 Å². The number of methoxy groups -OCH3 is 1. The van der Waals surface area contributed by atoms with E-state index in [0.29, 0.717) is 0 Å². The summed E-state index contributed by atoms with van der Waals surface area (Å²) in [6.45, 7) is 4.21. The normalized spacial score (nSPS) is 34.7. The van der Waals surface area contributed by atoms with Crippen molar-refractivity contribution in [3.63, 3.8) is 0 Å². The molecular formula is C18H24O3. The zero-order valence-corrected chi connectivity index (χ0v) is 13.1. The second kappa shape index (κ2) is 4.75. The van der Waals surface area contributed by atoms with Crippen molar-refractivity contribution < 1.29 is 14.6 Å². The van der Waals surface area contributed by atoms with E-state index in [4.69, 9.17) is 4.74 Å². The predicted molar refractivity (Wildman–Crippen MR) is 81.8 cm³/mol. The maximum atomic E-state index is 11.9. The van der Waals surface area contributed by atoms with E-state index in [-0.39, 0.29) is 11.3 Å². The Hall–Kier alpha value is -1.51. The summed E-state index contributed by atoms with van der Waals surface area (Å²) in [5.74, 6) is 0.443. The molecule has 0 amide bonds. The first-order valence-corrected chi connectivity index (χ1v) is 7.82. The third kappa shape index (κ3) is 1.97. The zero-order valence-electron chi connectivity index (χ0n) is 13.1. The fourth-order valence-corrected chi connectivity index (χ4v) is 4.82. The van der Waals surface area contributed by atoms with Crippen LogP contribution in [0, 0.1) is 11.3 Å². The van der Waals surface area contributed by atoms with Gasteiger partial charge >= 0.3 is 5.97 Å². The van der Waals surface area contributed by atoms with Gasteiger partial charge in [0.1, 0.15) is 5.75 Å². The fourth-order valence-electron chi connectivity index (χ4n) is 4.82. The van der Waals surface area contributed by atoms with Gasteiger partial charge in [-0.3, -0.25) is 4.79 Å². The lowest BCUT2D eigenvalue weighted by Gasteiger charge is -2.53. The molecule has 0 saturated heterocycles. The second-order valence-electron chi connectivity index (χ2n) is 7.11. The lowest BCUT2D eigenvalue weighted by atomic mass is 9.50. The number of rotatable bonds is 2. The number of carboxylic acids is 1. The summed E-state index contributed by atoms with van der Waals surface area (Å²) in [5.41, 5.74) is 2.02. The summed E-state index contributed by atoms with van der Waals surface area (Å²) in [7, 11) is 1.69. The molecule has 0 radical (unpaired) electrons. The lowest BCUT2D eigenvalue weighted by molar-refractivity contribution is -0.157. The van der Waals surface area contributed by atoms with Gasteiger partial charge in [-0.05, 0) is 67.2 Å². The SMILES string of the molecule is COc1ccc2c(c1)[C@@]1(C)CCCC(C)(C(=O)O)[C@@H]1CC2. The Kier molecular flexibility index (Phi) is 3.27. The van der Waals surface area contributed by atoms with Crippen LogP contribution in [0.15, 0.2) is 18.2 Å². The van der Waals surface area contributed by atoms with Crippen LogP contribution in [0.2, 0.25) is 0 Å². The number of carboxylic acid groups (broad SMARTS) is 1. The van der Waals surface area contributed by atoms with E-state index < -0.39 is 11.4 Å². The molecule has 2 aliphatic rings. The molecule has 2 aliphatic carbocycles. The number of ether oxygens (including phenoxy) is 1. The molecule has 114 valence electrons. The maximum Gasteiger partial charge on any atom is 0.309 e. The summed E-state index contributed by atoms with van der Waals surface area (Å²) in [4.78, 5) is 11.9. The van der Waals surface area contributed by atoms with Gasteiger partial charge in [-0.2, -0.15) is 0 Å². The molecule has 21 heavy (non-hydrogen) atoms. The predicted octanol–water partition coefficient (Wildman–Crippen LogP) is 3.79. The molecule has 0 spiro atoms. The van der Waals surface area contributed by atoms with Crippen molar-refractivity contribution >= 4 is 5.97 Å². The van der Waals surface area contributed by atoms with E-state index in [9.17, 15) is 9.90 Å². The third-order valence-corrected chi connectivity index (χ3v) is 6.05. The molecule has 3 rings (SSSR count). The summed E-state index contributed by atoms with van der Waals surface area (Å²) in [5, 5.41) is 9.77. The van der Waals surface area contributed by atoms with Gasteiger partial charge in [0.2, 0.25) is 0 Å². The molecule has 1 aromatic rings. The Morgan fingerprint density at radius 3 is 2.76 bits per heavy atom. The monoisotopic (exact) mass is 288 g/mol. The first-order chi connectivity index (χ1) is 9.91. The average molecular weight is 288 g/mol. The van der Waals surface area contributed by atoms with Crippen LogP contribution in [-0.2, 0) is 16.6 Å².